The predicted octanol–water partition coefficient (Wildman–Crippen LogP) is 2.56. The summed E-state index contributed by atoms with van der Waals surface area (Å²) in [5.74, 6) is -0.802. The Kier molecular flexibility index (Phi) is 3.41. The van der Waals surface area contributed by atoms with E-state index < -0.39 is 17.3 Å². The Hall–Kier alpha value is -1.78. The molecule has 0 radical (unpaired) electrons. The topological polar surface area (TPSA) is 75.3 Å². The number of nitrogens with two attached hydrogens (primary N) is 1. The van der Waals surface area contributed by atoms with Crippen LogP contribution in [0.3, 0.4) is 0 Å². The Labute approximate surface area is 105 Å². The summed E-state index contributed by atoms with van der Waals surface area (Å²) in [5.41, 5.74) is 6.04. The molecule has 0 aliphatic heterocycles. The highest BCUT2D eigenvalue weighted by molar-refractivity contribution is 5.90. The first-order valence-electron chi connectivity index (χ1n) is 6.05. The fraction of sp³-hybridized carbons (Fsp3) is 0.462. The lowest BCUT2D eigenvalue weighted by atomic mass is 10.1. The summed E-state index contributed by atoms with van der Waals surface area (Å²) in [4.78, 5) is 10.7. The fourth-order valence-electron chi connectivity index (χ4n) is 2.01. The minimum atomic E-state index is -1.31. The quantitative estimate of drug-likeness (QED) is 0.704. The van der Waals surface area contributed by atoms with E-state index in [0.29, 0.717) is 11.6 Å². The van der Waals surface area contributed by atoms with Crippen molar-refractivity contribution in [2.45, 2.75) is 19.8 Å². The standard InChI is InChI=1S/C13H17FN2O2/c1-7(8-2-3-8)6-16-12-5-10(14)9(13(17)18)4-11(12)15/h4-5,7-8,16H,2-3,6,15H2,1H3,(H,17,18). The van der Waals surface area contributed by atoms with Gasteiger partial charge in [0, 0.05) is 6.54 Å². The van der Waals surface area contributed by atoms with Gasteiger partial charge in [0.2, 0.25) is 0 Å². The van der Waals surface area contributed by atoms with Crippen LogP contribution in [-0.4, -0.2) is 17.6 Å². The van der Waals surface area contributed by atoms with Gasteiger partial charge in [-0.15, -0.1) is 0 Å². The molecule has 0 amide bonds. The molecule has 0 bridgehead atoms. The zero-order valence-corrected chi connectivity index (χ0v) is 10.2. The number of rotatable bonds is 5. The molecule has 2 rings (SSSR count). The van der Waals surface area contributed by atoms with Crippen LogP contribution >= 0.6 is 0 Å². The third kappa shape index (κ3) is 2.72. The van der Waals surface area contributed by atoms with E-state index in [0.717, 1.165) is 24.6 Å². The summed E-state index contributed by atoms with van der Waals surface area (Å²) in [5, 5.41) is 11.8. The van der Waals surface area contributed by atoms with E-state index in [4.69, 9.17) is 10.8 Å². The zero-order chi connectivity index (χ0) is 13.3. The van der Waals surface area contributed by atoms with Gasteiger partial charge in [-0.05, 0) is 36.8 Å². The van der Waals surface area contributed by atoms with Crippen molar-refractivity contribution >= 4 is 17.3 Å². The molecule has 1 aromatic rings. The minimum Gasteiger partial charge on any atom is -0.478 e. The average molecular weight is 252 g/mol. The Bertz CT molecular complexity index is 472. The van der Waals surface area contributed by atoms with Crippen LogP contribution in [-0.2, 0) is 0 Å². The number of nitrogens with one attached hydrogen (secondary N) is 1. The summed E-state index contributed by atoms with van der Waals surface area (Å²) < 4.78 is 13.5. The lowest BCUT2D eigenvalue weighted by molar-refractivity contribution is 0.0692. The van der Waals surface area contributed by atoms with Gasteiger partial charge in [-0.2, -0.15) is 0 Å². The molecule has 0 saturated heterocycles. The van der Waals surface area contributed by atoms with Crippen molar-refractivity contribution in [1.29, 1.82) is 0 Å². The van der Waals surface area contributed by atoms with Gasteiger partial charge in [0.25, 0.3) is 0 Å². The molecule has 1 fully saturated rings. The number of hydrogen-bond donors (Lipinski definition) is 3. The molecule has 1 saturated carbocycles. The van der Waals surface area contributed by atoms with Gasteiger partial charge in [-0.3, -0.25) is 0 Å². The lowest BCUT2D eigenvalue weighted by Gasteiger charge is -2.14. The first-order valence-corrected chi connectivity index (χ1v) is 6.05. The fourth-order valence-corrected chi connectivity index (χ4v) is 2.01. The van der Waals surface area contributed by atoms with Crippen molar-refractivity contribution in [3.63, 3.8) is 0 Å². The lowest BCUT2D eigenvalue weighted by Crippen LogP contribution is -2.14. The second kappa shape index (κ2) is 4.84. The third-order valence-electron chi connectivity index (χ3n) is 3.41. The third-order valence-corrected chi connectivity index (χ3v) is 3.41. The largest absolute Gasteiger partial charge is 0.478 e. The maximum absolute atomic E-state index is 13.5. The van der Waals surface area contributed by atoms with Crippen LogP contribution < -0.4 is 11.1 Å². The number of halogens is 1. The Morgan fingerprint density at radius 1 is 1.61 bits per heavy atom. The average Bonchev–Trinajstić information content (AvgIpc) is 3.12. The van der Waals surface area contributed by atoms with Crippen LogP contribution in [0.1, 0.15) is 30.1 Å². The second-order valence-corrected chi connectivity index (χ2v) is 4.92. The molecule has 1 atom stereocenters. The zero-order valence-electron chi connectivity index (χ0n) is 10.2. The van der Waals surface area contributed by atoms with Gasteiger partial charge < -0.3 is 16.2 Å². The Balaban J connectivity index is 2.08. The maximum Gasteiger partial charge on any atom is 0.338 e. The molecule has 1 aromatic carbocycles. The molecule has 98 valence electrons. The molecule has 0 aromatic heterocycles. The van der Waals surface area contributed by atoms with Crippen LogP contribution in [0.5, 0.6) is 0 Å². The van der Waals surface area contributed by atoms with Gasteiger partial charge in [0.15, 0.2) is 0 Å². The van der Waals surface area contributed by atoms with Crippen LogP contribution in [0.4, 0.5) is 15.8 Å². The molecule has 1 aliphatic carbocycles. The molecular weight excluding hydrogens is 235 g/mol. The van der Waals surface area contributed by atoms with Crippen LogP contribution in [0.25, 0.3) is 0 Å². The first-order chi connectivity index (χ1) is 8.49. The molecule has 4 nitrogen and oxygen atoms in total. The molecule has 4 N–H and O–H groups in total. The molecule has 0 spiro atoms. The van der Waals surface area contributed by atoms with Crippen LogP contribution in [0, 0.1) is 17.7 Å². The number of carbonyl (C=O) groups is 1. The number of carboxylic acids is 1. The number of aromatic carboxylic acids is 1. The number of carboxylic acid groups (broad SMARTS) is 1. The molecule has 1 aliphatic rings. The van der Waals surface area contributed by atoms with Gasteiger partial charge in [0.1, 0.15) is 5.82 Å². The molecule has 0 heterocycles. The number of anilines is 2. The summed E-state index contributed by atoms with van der Waals surface area (Å²) in [6.07, 6.45) is 2.51. The summed E-state index contributed by atoms with van der Waals surface area (Å²) in [7, 11) is 0. The van der Waals surface area contributed by atoms with Crippen LogP contribution in [0.15, 0.2) is 12.1 Å². The molecule has 1 unspecified atom stereocenters. The molecule has 18 heavy (non-hydrogen) atoms. The van der Waals surface area contributed by atoms with E-state index >= 15 is 0 Å². The highest BCUT2D eigenvalue weighted by atomic mass is 19.1. The minimum absolute atomic E-state index is 0.261. The molecular formula is C13H17FN2O2. The van der Waals surface area contributed by atoms with Gasteiger partial charge in [-0.25, -0.2) is 9.18 Å². The van der Waals surface area contributed by atoms with Crippen molar-refractivity contribution in [3.8, 4) is 0 Å². The summed E-state index contributed by atoms with van der Waals surface area (Å²) in [6.45, 7) is 2.86. The predicted molar refractivity (Wildman–Crippen MR) is 68.1 cm³/mol. The van der Waals surface area contributed by atoms with E-state index in [9.17, 15) is 9.18 Å². The van der Waals surface area contributed by atoms with E-state index in [1.165, 1.54) is 12.8 Å². The van der Waals surface area contributed by atoms with Crippen molar-refractivity contribution in [2.75, 3.05) is 17.6 Å². The normalized spacial score (nSPS) is 16.3. The molecule has 5 heteroatoms. The van der Waals surface area contributed by atoms with Crippen molar-refractivity contribution in [3.05, 3.63) is 23.5 Å². The highest BCUT2D eigenvalue weighted by Crippen LogP contribution is 2.36. The Morgan fingerprint density at radius 3 is 2.83 bits per heavy atom. The number of benzene rings is 1. The van der Waals surface area contributed by atoms with Crippen molar-refractivity contribution in [2.24, 2.45) is 11.8 Å². The van der Waals surface area contributed by atoms with Gasteiger partial charge >= 0.3 is 5.97 Å². The van der Waals surface area contributed by atoms with Crippen molar-refractivity contribution in [1.82, 2.24) is 0 Å². The van der Waals surface area contributed by atoms with E-state index in [1.807, 2.05) is 0 Å². The van der Waals surface area contributed by atoms with E-state index in [-0.39, 0.29) is 5.69 Å². The van der Waals surface area contributed by atoms with E-state index in [2.05, 4.69) is 12.2 Å². The summed E-state index contributed by atoms with van der Waals surface area (Å²) >= 11 is 0. The van der Waals surface area contributed by atoms with Gasteiger partial charge in [0.05, 0.1) is 16.9 Å². The van der Waals surface area contributed by atoms with Gasteiger partial charge in [-0.1, -0.05) is 6.92 Å². The SMILES string of the molecule is CC(CNc1cc(F)c(C(=O)O)cc1N)C1CC1. The van der Waals surface area contributed by atoms with Crippen molar-refractivity contribution < 1.29 is 14.3 Å². The van der Waals surface area contributed by atoms with Crippen LogP contribution in [0.2, 0.25) is 0 Å². The monoisotopic (exact) mass is 252 g/mol. The maximum atomic E-state index is 13.5. The Morgan fingerprint density at radius 2 is 2.28 bits per heavy atom. The first kappa shape index (κ1) is 12.7. The smallest absolute Gasteiger partial charge is 0.338 e. The van der Waals surface area contributed by atoms with E-state index in [1.54, 1.807) is 0 Å². The highest BCUT2D eigenvalue weighted by Gasteiger charge is 2.27. The number of hydrogen-bond acceptors (Lipinski definition) is 3. The summed E-state index contributed by atoms with van der Waals surface area (Å²) in [6, 6.07) is 2.31. The second-order valence-electron chi connectivity index (χ2n) is 4.92. The number of nitrogen functional groups attached to an aromatic ring is 1.